The Morgan fingerprint density at radius 2 is 2.35 bits per heavy atom. The van der Waals surface area contributed by atoms with Crippen LogP contribution in [0.3, 0.4) is 0 Å². The Morgan fingerprint density at radius 3 is 3.04 bits per heavy atom. The smallest absolute Gasteiger partial charge is 0.320 e. The highest BCUT2D eigenvalue weighted by atomic mass is 32.1. The molecule has 1 atom stereocenters. The van der Waals surface area contributed by atoms with Gasteiger partial charge in [0.25, 0.3) is 0 Å². The summed E-state index contributed by atoms with van der Waals surface area (Å²) >= 11 is 1.61. The number of carbonyl (C=O) groups is 1. The monoisotopic (exact) mass is 337 g/mol. The van der Waals surface area contributed by atoms with E-state index < -0.39 is 0 Å². The summed E-state index contributed by atoms with van der Waals surface area (Å²) in [5.74, 6) is 0.527. The predicted molar refractivity (Wildman–Crippen MR) is 90.8 cm³/mol. The van der Waals surface area contributed by atoms with E-state index in [4.69, 9.17) is 4.74 Å². The fourth-order valence-corrected chi connectivity index (χ4v) is 2.87. The van der Waals surface area contributed by atoms with Crippen molar-refractivity contribution < 1.29 is 9.53 Å². The molecule has 0 radical (unpaired) electrons. The zero-order chi connectivity index (χ0) is 16.7. The summed E-state index contributed by atoms with van der Waals surface area (Å²) < 4.78 is 6.79. The van der Waals surface area contributed by atoms with E-state index in [2.05, 4.69) is 27.6 Å². The summed E-state index contributed by atoms with van der Waals surface area (Å²) in [6.07, 6.45) is 3.62. The van der Waals surface area contributed by atoms with Gasteiger partial charge in [-0.15, -0.1) is 11.3 Å². The lowest BCUT2D eigenvalue weighted by molar-refractivity contribution is 0.189. The van der Waals surface area contributed by atoms with Crippen molar-refractivity contribution in [1.82, 2.24) is 20.1 Å². The van der Waals surface area contributed by atoms with Crippen LogP contribution in [0, 0.1) is 0 Å². The van der Waals surface area contributed by atoms with Crippen LogP contribution in [0.4, 0.5) is 10.6 Å². The lowest BCUT2D eigenvalue weighted by atomic mass is 10.3. The van der Waals surface area contributed by atoms with Crippen molar-refractivity contribution in [2.45, 2.75) is 39.3 Å². The van der Waals surface area contributed by atoms with E-state index in [1.54, 1.807) is 29.2 Å². The highest BCUT2D eigenvalue weighted by molar-refractivity contribution is 7.09. The number of nitrogens with zero attached hydrogens (tertiary/aromatic N) is 3. The molecule has 0 aliphatic carbocycles. The summed E-state index contributed by atoms with van der Waals surface area (Å²) in [6, 6.07) is 1.34. The molecule has 0 aliphatic rings. The fourth-order valence-electron chi connectivity index (χ4n) is 2.03. The second kappa shape index (κ2) is 8.64. The van der Waals surface area contributed by atoms with Crippen LogP contribution < -0.4 is 10.6 Å². The highest BCUT2D eigenvalue weighted by Gasteiger charge is 2.13. The molecule has 2 rings (SSSR count). The first-order chi connectivity index (χ1) is 11.1. The van der Waals surface area contributed by atoms with Crippen LogP contribution in [0.5, 0.6) is 0 Å². The van der Waals surface area contributed by atoms with Gasteiger partial charge >= 0.3 is 6.03 Å². The molecular weight excluding hydrogens is 314 g/mol. The van der Waals surface area contributed by atoms with Gasteiger partial charge in [0.05, 0.1) is 16.7 Å². The van der Waals surface area contributed by atoms with Gasteiger partial charge in [0.1, 0.15) is 0 Å². The lowest BCUT2D eigenvalue weighted by Gasteiger charge is -2.11. The summed E-state index contributed by atoms with van der Waals surface area (Å²) in [5, 5.41) is 13.0. The second-order valence-corrected chi connectivity index (χ2v) is 6.09. The summed E-state index contributed by atoms with van der Waals surface area (Å²) in [7, 11) is 1.67. The lowest BCUT2D eigenvalue weighted by Crippen LogP contribution is -2.31. The molecular formula is C15H23N5O2S. The molecule has 8 heteroatoms. The molecule has 7 nitrogen and oxygen atoms in total. The summed E-state index contributed by atoms with van der Waals surface area (Å²) in [6.45, 7) is 5.42. The number of hydrogen-bond donors (Lipinski definition) is 2. The first kappa shape index (κ1) is 17.4. The Bertz CT molecular complexity index is 625. The van der Waals surface area contributed by atoms with E-state index in [1.165, 1.54) is 0 Å². The average molecular weight is 337 g/mol. The summed E-state index contributed by atoms with van der Waals surface area (Å²) in [5.41, 5.74) is 0.882. The first-order valence-corrected chi connectivity index (χ1v) is 8.54. The molecule has 2 heterocycles. The standard InChI is InChI=1S/C15H23N5O2S/c1-4-14-17-12(10-23-14)11(2)16-15(21)18-13-6-8-20(19-13)7-5-9-22-3/h6,8,10-11H,4-5,7,9H2,1-3H3,(H2,16,18,19,21). The van der Waals surface area contributed by atoms with E-state index in [0.29, 0.717) is 12.4 Å². The molecule has 2 aromatic rings. The third kappa shape index (κ3) is 5.33. The van der Waals surface area contributed by atoms with Crippen molar-refractivity contribution in [3.8, 4) is 0 Å². The van der Waals surface area contributed by atoms with Crippen LogP contribution in [-0.2, 0) is 17.7 Å². The Balaban J connectivity index is 1.82. The van der Waals surface area contributed by atoms with Gasteiger partial charge in [0.15, 0.2) is 5.82 Å². The predicted octanol–water partition coefficient (Wildman–Crippen LogP) is 2.82. The minimum Gasteiger partial charge on any atom is -0.385 e. The molecule has 0 aromatic carbocycles. The molecule has 0 aliphatic heterocycles. The molecule has 126 valence electrons. The highest BCUT2D eigenvalue weighted by Crippen LogP contribution is 2.17. The molecule has 23 heavy (non-hydrogen) atoms. The Kier molecular flexibility index (Phi) is 6.54. The van der Waals surface area contributed by atoms with E-state index in [9.17, 15) is 4.79 Å². The molecule has 0 saturated carbocycles. The number of anilines is 1. The number of aromatic nitrogens is 3. The van der Waals surface area contributed by atoms with Gasteiger partial charge in [-0.2, -0.15) is 5.10 Å². The SMILES string of the molecule is CCc1nc(C(C)NC(=O)Nc2ccn(CCCOC)n2)cs1. The van der Waals surface area contributed by atoms with Gasteiger partial charge in [0.2, 0.25) is 0 Å². The Morgan fingerprint density at radius 1 is 1.52 bits per heavy atom. The number of methoxy groups -OCH3 is 1. The maximum absolute atomic E-state index is 12.0. The van der Waals surface area contributed by atoms with Gasteiger partial charge in [0, 0.05) is 37.9 Å². The summed E-state index contributed by atoms with van der Waals surface area (Å²) in [4.78, 5) is 16.5. The quantitative estimate of drug-likeness (QED) is 0.726. The normalized spacial score (nSPS) is 12.1. The third-order valence-corrected chi connectivity index (χ3v) is 4.29. The molecule has 2 aromatic heterocycles. The molecule has 0 saturated heterocycles. The minimum atomic E-state index is -0.286. The van der Waals surface area contributed by atoms with Gasteiger partial charge in [-0.3, -0.25) is 10.00 Å². The zero-order valence-electron chi connectivity index (χ0n) is 13.7. The number of nitrogens with one attached hydrogen (secondary N) is 2. The minimum absolute atomic E-state index is 0.143. The molecule has 2 amide bonds. The van der Waals surface area contributed by atoms with Crippen molar-refractivity contribution in [3.05, 3.63) is 28.3 Å². The molecule has 1 unspecified atom stereocenters. The van der Waals surface area contributed by atoms with Crippen LogP contribution in [0.25, 0.3) is 0 Å². The Hall–Kier alpha value is -1.93. The Labute approximate surface area is 140 Å². The van der Waals surface area contributed by atoms with Gasteiger partial charge in [-0.05, 0) is 19.8 Å². The average Bonchev–Trinajstić information content (AvgIpc) is 3.16. The van der Waals surface area contributed by atoms with Gasteiger partial charge in [-0.25, -0.2) is 9.78 Å². The number of ether oxygens (including phenoxy) is 1. The van der Waals surface area contributed by atoms with E-state index >= 15 is 0 Å². The fraction of sp³-hybridized carbons (Fsp3) is 0.533. The van der Waals surface area contributed by atoms with Crippen molar-refractivity contribution in [2.75, 3.05) is 19.0 Å². The van der Waals surface area contributed by atoms with Crippen molar-refractivity contribution >= 4 is 23.2 Å². The van der Waals surface area contributed by atoms with E-state index in [0.717, 1.165) is 30.1 Å². The largest absolute Gasteiger partial charge is 0.385 e. The van der Waals surface area contributed by atoms with Crippen LogP contribution in [0.15, 0.2) is 17.6 Å². The topological polar surface area (TPSA) is 81.1 Å². The number of urea groups is 1. The van der Waals surface area contributed by atoms with Crippen LogP contribution >= 0.6 is 11.3 Å². The van der Waals surface area contributed by atoms with Crippen molar-refractivity contribution in [2.24, 2.45) is 0 Å². The zero-order valence-corrected chi connectivity index (χ0v) is 14.5. The van der Waals surface area contributed by atoms with E-state index in [1.807, 2.05) is 18.5 Å². The van der Waals surface area contributed by atoms with Crippen molar-refractivity contribution in [1.29, 1.82) is 0 Å². The number of aryl methyl sites for hydroxylation is 2. The molecule has 2 N–H and O–H groups in total. The van der Waals surface area contributed by atoms with Gasteiger partial charge in [-0.1, -0.05) is 6.92 Å². The van der Waals surface area contributed by atoms with Crippen molar-refractivity contribution in [3.63, 3.8) is 0 Å². The van der Waals surface area contributed by atoms with E-state index in [-0.39, 0.29) is 12.1 Å². The molecule has 0 spiro atoms. The number of thiazole rings is 1. The number of rotatable bonds is 8. The molecule has 0 bridgehead atoms. The third-order valence-electron chi connectivity index (χ3n) is 3.28. The second-order valence-electron chi connectivity index (χ2n) is 5.15. The van der Waals surface area contributed by atoms with Gasteiger partial charge < -0.3 is 10.1 Å². The van der Waals surface area contributed by atoms with Crippen LogP contribution in [0.1, 0.15) is 37.0 Å². The maximum Gasteiger partial charge on any atom is 0.320 e. The number of hydrogen-bond acceptors (Lipinski definition) is 5. The number of amides is 2. The van der Waals surface area contributed by atoms with Crippen LogP contribution in [-0.4, -0.2) is 34.5 Å². The van der Waals surface area contributed by atoms with Crippen LogP contribution in [0.2, 0.25) is 0 Å². The first-order valence-electron chi connectivity index (χ1n) is 7.66. The number of carbonyl (C=O) groups excluding carboxylic acids is 1. The molecule has 0 fully saturated rings. The maximum atomic E-state index is 12.0.